The van der Waals surface area contributed by atoms with Crippen molar-refractivity contribution in [1.29, 1.82) is 0 Å². The number of carbonyl (C=O) groups is 3. The lowest BCUT2D eigenvalue weighted by Gasteiger charge is -2.42. The first kappa shape index (κ1) is 25.4. The fraction of sp³-hybridized carbons (Fsp3) is 0.423. The maximum Gasteiger partial charge on any atom is 0.198 e. The summed E-state index contributed by atoms with van der Waals surface area (Å²) in [5.74, 6) is -3.63. The van der Waals surface area contributed by atoms with Gasteiger partial charge in [-0.25, -0.2) is 4.39 Å². The zero-order chi connectivity index (χ0) is 27.0. The summed E-state index contributed by atoms with van der Waals surface area (Å²) in [5.41, 5.74) is -3.51. The van der Waals surface area contributed by atoms with Crippen molar-refractivity contribution in [1.82, 2.24) is 0 Å². The van der Waals surface area contributed by atoms with Crippen LogP contribution in [0.25, 0.3) is 0 Å². The Bertz CT molecular complexity index is 1340. The molecule has 10 nitrogen and oxygen atoms in total. The van der Waals surface area contributed by atoms with Crippen LogP contribution in [-0.4, -0.2) is 79.3 Å². The minimum Gasteiger partial charge on any atom is -0.507 e. The molecule has 5 N–H and O–H groups in total. The van der Waals surface area contributed by atoms with E-state index in [4.69, 9.17) is 9.47 Å². The SMILES string of the molecule is CC(=O)[C@]1(O)Cc2c(O)c3c(c(O)c2[C@H](OC2OC(C)C(O)C(O)C2F)C1)C(=O)c1ccccc1C3=O. The quantitative estimate of drug-likeness (QED) is 0.316. The van der Waals surface area contributed by atoms with E-state index in [1.807, 2.05) is 0 Å². The molecular formula is C26H25FO10. The molecule has 5 unspecified atom stereocenters. The maximum atomic E-state index is 14.9. The van der Waals surface area contributed by atoms with Crippen molar-refractivity contribution in [2.24, 2.45) is 0 Å². The highest BCUT2D eigenvalue weighted by Crippen LogP contribution is 2.52. The van der Waals surface area contributed by atoms with Crippen LogP contribution in [-0.2, 0) is 20.7 Å². The molecule has 0 saturated carbocycles. The van der Waals surface area contributed by atoms with Gasteiger partial charge in [0.1, 0.15) is 29.3 Å². The van der Waals surface area contributed by atoms with E-state index in [2.05, 4.69) is 0 Å². The highest BCUT2D eigenvalue weighted by molar-refractivity contribution is 6.30. The van der Waals surface area contributed by atoms with Gasteiger partial charge < -0.3 is 35.0 Å². The van der Waals surface area contributed by atoms with Crippen molar-refractivity contribution in [2.75, 3.05) is 0 Å². The third kappa shape index (κ3) is 3.69. The molecule has 196 valence electrons. The summed E-state index contributed by atoms with van der Waals surface area (Å²) in [5, 5.41) is 53.5. The first-order valence-electron chi connectivity index (χ1n) is 11.7. The van der Waals surface area contributed by atoms with Crippen molar-refractivity contribution < 1.29 is 53.8 Å². The Morgan fingerprint density at radius 1 is 1.05 bits per heavy atom. The molecule has 0 aromatic heterocycles. The van der Waals surface area contributed by atoms with Crippen LogP contribution >= 0.6 is 0 Å². The van der Waals surface area contributed by atoms with E-state index in [1.54, 1.807) is 0 Å². The number of ether oxygens (including phenoxy) is 2. The van der Waals surface area contributed by atoms with Gasteiger partial charge in [0, 0.05) is 35.1 Å². The lowest BCUT2D eigenvalue weighted by atomic mass is 9.72. The van der Waals surface area contributed by atoms with Crippen LogP contribution in [0.4, 0.5) is 4.39 Å². The van der Waals surface area contributed by atoms with Crippen LogP contribution in [0.3, 0.4) is 0 Å². The first-order chi connectivity index (χ1) is 17.4. The number of aliphatic hydroxyl groups excluding tert-OH is 2. The van der Waals surface area contributed by atoms with Gasteiger partial charge in [-0.05, 0) is 13.8 Å². The maximum absolute atomic E-state index is 14.9. The number of aromatic hydroxyl groups is 2. The largest absolute Gasteiger partial charge is 0.507 e. The van der Waals surface area contributed by atoms with Gasteiger partial charge in [0.05, 0.1) is 23.3 Å². The molecule has 7 atom stereocenters. The minimum atomic E-state index is -2.24. The molecule has 1 heterocycles. The predicted octanol–water partition coefficient (Wildman–Crippen LogP) is 1.00. The zero-order valence-corrected chi connectivity index (χ0v) is 19.8. The molecule has 1 aliphatic heterocycles. The second-order valence-corrected chi connectivity index (χ2v) is 9.77. The van der Waals surface area contributed by atoms with Crippen molar-refractivity contribution >= 4 is 17.3 Å². The van der Waals surface area contributed by atoms with Crippen LogP contribution in [0.5, 0.6) is 11.5 Å². The summed E-state index contributed by atoms with van der Waals surface area (Å²) in [6.07, 6.45) is -11.0. The average molecular weight is 516 g/mol. The highest BCUT2D eigenvalue weighted by Gasteiger charge is 2.51. The minimum absolute atomic E-state index is 0.00791. The van der Waals surface area contributed by atoms with Gasteiger partial charge in [-0.15, -0.1) is 0 Å². The monoisotopic (exact) mass is 516 g/mol. The van der Waals surface area contributed by atoms with Gasteiger partial charge in [-0.2, -0.15) is 0 Å². The summed E-state index contributed by atoms with van der Waals surface area (Å²) >= 11 is 0. The summed E-state index contributed by atoms with van der Waals surface area (Å²) in [7, 11) is 0. The van der Waals surface area contributed by atoms with Gasteiger partial charge in [-0.1, -0.05) is 24.3 Å². The average Bonchev–Trinajstić information content (AvgIpc) is 2.86. The molecule has 37 heavy (non-hydrogen) atoms. The molecule has 0 amide bonds. The van der Waals surface area contributed by atoms with Crippen molar-refractivity contribution in [3.05, 3.63) is 57.6 Å². The van der Waals surface area contributed by atoms with Crippen LogP contribution in [0.2, 0.25) is 0 Å². The molecule has 2 aromatic carbocycles. The fourth-order valence-corrected chi connectivity index (χ4v) is 5.33. The highest BCUT2D eigenvalue weighted by atomic mass is 19.1. The van der Waals surface area contributed by atoms with Crippen LogP contribution in [0.15, 0.2) is 24.3 Å². The Labute approximate surface area is 209 Å². The van der Waals surface area contributed by atoms with Gasteiger partial charge >= 0.3 is 0 Å². The third-order valence-corrected chi connectivity index (χ3v) is 7.49. The number of phenols is 2. The molecule has 5 rings (SSSR count). The second kappa shape index (κ2) is 8.67. The predicted molar refractivity (Wildman–Crippen MR) is 122 cm³/mol. The molecule has 0 bridgehead atoms. The Balaban J connectivity index is 1.68. The summed E-state index contributed by atoms with van der Waals surface area (Å²) < 4.78 is 26.0. The second-order valence-electron chi connectivity index (χ2n) is 9.77. The zero-order valence-electron chi connectivity index (χ0n) is 19.8. The topological polar surface area (TPSA) is 171 Å². The number of hydrogen-bond acceptors (Lipinski definition) is 10. The number of hydrogen-bond donors (Lipinski definition) is 5. The standard InChI is InChI=1S/C26H25FO10/c1-9-19(29)24(34)18(27)25(36-9)37-14-8-26(35,10(2)28)7-13-15(14)23(33)17-16(22(13)32)20(30)11-5-3-4-6-12(11)21(17)31/h3-6,9,14,18-19,24-25,29,32-35H,7-8H2,1-2H3/t9?,14-,18?,19?,24?,25?,26+/m1/s1. The summed E-state index contributed by atoms with van der Waals surface area (Å²) in [6, 6.07) is 5.86. The molecule has 0 radical (unpaired) electrons. The smallest absolute Gasteiger partial charge is 0.198 e. The number of aliphatic hydroxyl groups is 3. The van der Waals surface area contributed by atoms with E-state index in [0.29, 0.717) is 0 Å². The van der Waals surface area contributed by atoms with Gasteiger partial charge in [-0.3, -0.25) is 14.4 Å². The van der Waals surface area contributed by atoms with Crippen molar-refractivity contribution in [3.8, 4) is 11.5 Å². The lowest BCUT2D eigenvalue weighted by Crippen LogP contribution is -2.56. The van der Waals surface area contributed by atoms with E-state index in [-0.39, 0.29) is 22.3 Å². The molecular weight excluding hydrogens is 491 g/mol. The molecule has 11 heteroatoms. The van der Waals surface area contributed by atoms with E-state index < -0.39 is 95.3 Å². The molecule has 2 aromatic rings. The number of carbonyl (C=O) groups excluding carboxylic acids is 3. The fourth-order valence-electron chi connectivity index (χ4n) is 5.33. The molecule has 1 fully saturated rings. The van der Waals surface area contributed by atoms with Crippen molar-refractivity contribution in [2.45, 2.75) is 69.2 Å². The van der Waals surface area contributed by atoms with Gasteiger partial charge in [0.2, 0.25) is 0 Å². The number of alkyl halides is 1. The molecule has 1 saturated heterocycles. The van der Waals surface area contributed by atoms with Crippen LogP contribution in [0.1, 0.15) is 69.3 Å². The number of Topliss-reactive ketones (excluding diaryl/α,β-unsaturated/α-hetero) is 1. The number of ketones is 3. The number of rotatable bonds is 3. The number of phenolic OH excluding ortho intramolecular Hbond substituents is 2. The van der Waals surface area contributed by atoms with E-state index >= 15 is 0 Å². The number of halogens is 1. The van der Waals surface area contributed by atoms with E-state index in [0.717, 1.165) is 6.92 Å². The van der Waals surface area contributed by atoms with E-state index in [1.165, 1.54) is 31.2 Å². The Morgan fingerprint density at radius 2 is 1.62 bits per heavy atom. The van der Waals surface area contributed by atoms with Crippen molar-refractivity contribution in [3.63, 3.8) is 0 Å². The molecule has 0 spiro atoms. The summed E-state index contributed by atoms with van der Waals surface area (Å²) in [6.45, 7) is 2.47. The normalized spacial score (nSPS) is 32.9. The van der Waals surface area contributed by atoms with Gasteiger partial charge in [0.25, 0.3) is 0 Å². The summed E-state index contributed by atoms with van der Waals surface area (Å²) in [4.78, 5) is 38.9. The molecule has 3 aliphatic rings. The third-order valence-electron chi connectivity index (χ3n) is 7.49. The van der Waals surface area contributed by atoms with E-state index in [9.17, 15) is 44.3 Å². The Kier molecular flexibility index (Phi) is 5.96. The van der Waals surface area contributed by atoms with Crippen LogP contribution in [0, 0.1) is 0 Å². The number of benzene rings is 2. The van der Waals surface area contributed by atoms with Gasteiger partial charge in [0.15, 0.2) is 29.8 Å². The van der Waals surface area contributed by atoms with Crippen LogP contribution < -0.4 is 0 Å². The molecule has 2 aliphatic carbocycles. The Morgan fingerprint density at radius 3 is 2.19 bits per heavy atom. The first-order valence-corrected chi connectivity index (χ1v) is 11.7. The number of fused-ring (bicyclic) bond motifs is 3. The Hall–Kier alpha value is -3.22. The lowest BCUT2D eigenvalue weighted by molar-refractivity contribution is -0.294.